The van der Waals surface area contributed by atoms with Gasteiger partial charge in [0.25, 0.3) is 5.91 Å². The predicted molar refractivity (Wildman–Crippen MR) is 111 cm³/mol. The maximum Gasteiger partial charge on any atom is 0.275 e. The van der Waals surface area contributed by atoms with Gasteiger partial charge in [0.2, 0.25) is 5.91 Å². The number of rotatable bonds is 5. The number of hydrogen-bond acceptors (Lipinski definition) is 4. The first kappa shape index (κ1) is 19.1. The Bertz CT molecular complexity index is 993. The molecule has 29 heavy (non-hydrogen) atoms. The summed E-state index contributed by atoms with van der Waals surface area (Å²) in [4.78, 5) is 29.3. The first-order chi connectivity index (χ1) is 14.1. The molecule has 0 bridgehead atoms. The van der Waals surface area contributed by atoms with Crippen molar-refractivity contribution in [2.75, 3.05) is 26.2 Å². The van der Waals surface area contributed by atoms with Gasteiger partial charge in [-0.1, -0.05) is 48.5 Å². The molecule has 7 heteroatoms. The van der Waals surface area contributed by atoms with Crippen molar-refractivity contribution in [2.24, 2.45) is 0 Å². The third kappa shape index (κ3) is 4.14. The van der Waals surface area contributed by atoms with Gasteiger partial charge in [0.1, 0.15) is 0 Å². The molecular weight excluding hydrogens is 366 g/mol. The van der Waals surface area contributed by atoms with Gasteiger partial charge in [0, 0.05) is 38.1 Å². The number of nitrogens with zero attached hydrogens (tertiary/aromatic N) is 3. The SMILES string of the molecule is CC(C(=O)NCc1ccccc1)N1CCN(C(=O)c2n[nH]c3ccccc23)CC1. The van der Waals surface area contributed by atoms with Gasteiger partial charge in [0.05, 0.1) is 11.6 Å². The minimum absolute atomic E-state index is 0.00641. The summed E-state index contributed by atoms with van der Waals surface area (Å²) in [6.07, 6.45) is 0. The number of carbonyl (C=O) groups excluding carboxylic acids is 2. The molecule has 0 spiro atoms. The van der Waals surface area contributed by atoms with Crippen LogP contribution in [0.2, 0.25) is 0 Å². The van der Waals surface area contributed by atoms with E-state index in [0.717, 1.165) is 16.5 Å². The van der Waals surface area contributed by atoms with Crippen LogP contribution in [0.5, 0.6) is 0 Å². The van der Waals surface area contributed by atoms with E-state index in [1.54, 1.807) is 0 Å². The molecule has 4 rings (SSSR count). The first-order valence-electron chi connectivity index (χ1n) is 9.91. The number of aromatic nitrogens is 2. The van der Waals surface area contributed by atoms with Crippen LogP contribution in [0.3, 0.4) is 0 Å². The van der Waals surface area contributed by atoms with E-state index in [9.17, 15) is 9.59 Å². The Balaban J connectivity index is 1.31. The Hall–Kier alpha value is -3.19. The molecule has 7 nitrogen and oxygen atoms in total. The van der Waals surface area contributed by atoms with Crippen LogP contribution in [0, 0.1) is 0 Å². The highest BCUT2D eigenvalue weighted by molar-refractivity contribution is 6.04. The number of H-pyrrole nitrogens is 1. The van der Waals surface area contributed by atoms with Gasteiger partial charge in [0.15, 0.2) is 5.69 Å². The van der Waals surface area contributed by atoms with Crippen molar-refractivity contribution in [1.82, 2.24) is 25.3 Å². The van der Waals surface area contributed by atoms with Gasteiger partial charge in [-0.15, -0.1) is 0 Å². The molecule has 1 aliphatic heterocycles. The van der Waals surface area contributed by atoms with Crippen LogP contribution in [-0.4, -0.2) is 64.0 Å². The maximum absolute atomic E-state index is 12.9. The zero-order valence-corrected chi connectivity index (χ0v) is 16.5. The summed E-state index contributed by atoms with van der Waals surface area (Å²) in [6.45, 7) is 4.92. The molecule has 2 amide bonds. The van der Waals surface area contributed by atoms with Crippen molar-refractivity contribution in [3.05, 3.63) is 65.9 Å². The van der Waals surface area contributed by atoms with Crippen molar-refractivity contribution < 1.29 is 9.59 Å². The Morgan fingerprint density at radius 1 is 1.03 bits per heavy atom. The average molecular weight is 391 g/mol. The first-order valence-corrected chi connectivity index (χ1v) is 9.91. The van der Waals surface area contributed by atoms with Gasteiger partial charge in [-0.2, -0.15) is 5.10 Å². The average Bonchev–Trinajstić information content (AvgIpc) is 3.21. The van der Waals surface area contributed by atoms with E-state index in [1.807, 2.05) is 66.4 Å². The fourth-order valence-electron chi connectivity index (χ4n) is 3.69. The number of fused-ring (bicyclic) bond motifs is 1. The number of carbonyl (C=O) groups is 2. The minimum atomic E-state index is -0.234. The van der Waals surface area contributed by atoms with E-state index in [1.165, 1.54) is 0 Å². The minimum Gasteiger partial charge on any atom is -0.351 e. The molecule has 2 N–H and O–H groups in total. The van der Waals surface area contributed by atoms with Crippen LogP contribution in [0.25, 0.3) is 10.9 Å². The highest BCUT2D eigenvalue weighted by atomic mass is 16.2. The highest BCUT2D eigenvalue weighted by Gasteiger charge is 2.29. The Morgan fingerprint density at radius 3 is 2.48 bits per heavy atom. The lowest BCUT2D eigenvalue weighted by Gasteiger charge is -2.37. The molecule has 1 saturated heterocycles. The number of nitrogens with one attached hydrogen (secondary N) is 2. The van der Waals surface area contributed by atoms with Gasteiger partial charge in [-0.25, -0.2) is 0 Å². The smallest absolute Gasteiger partial charge is 0.275 e. The number of amides is 2. The second kappa shape index (κ2) is 8.45. The lowest BCUT2D eigenvalue weighted by atomic mass is 10.1. The molecule has 3 aromatic rings. The molecule has 1 fully saturated rings. The molecule has 0 saturated carbocycles. The highest BCUT2D eigenvalue weighted by Crippen LogP contribution is 2.18. The molecule has 150 valence electrons. The Kier molecular flexibility index (Phi) is 5.57. The lowest BCUT2D eigenvalue weighted by molar-refractivity contribution is -0.126. The van der Waals surface area contributed by atoms with Crippen LogP contribution < -0.4 is 5.32 Å². The van der Waals surface area contributed by atoms with Crippen molar-refractivity contribution in [2.45, 2.75) is 19.5 Å². The molecule has 2 aromatic carbocycles. The lowest BCUT2D eigenvalue weighted by Crippen LogP contribution is -2.54. The van der Waals surface area contributed by atoms with Crippen LogP contribution in [0.15, 0.2) is 54.6 Å². The summed E-state index contributed by atoms with van der Waals surface area (Å²) in [5.74, 6) is -0.0600. The van der Waals surface area contributed by atoms with Crippen LogP contribution in [0.1, 0.15) is 23.0 Å². The van der Waals surface area contributed by atoms with Crippen LogP contribution in [-0.2, 0) is 11.3 Å². The van der Waals surface area contributed by atoms with Crippen molar-refractivity contribution in [1.29, 1.82) is 0 Å². The van der Waals surface area contributed by atoms with Gasteiger partial charge >= 0.3 is 0 Å². The number of para-hydroxylation sites is 1. The Morgan fingerprint density at radius 2 is 1.72 bits per heavy atom. The number of aromatic amines is 1. The number of benzene rings is 2. The molecule has 0 radical (unpaired) electrons. The summed E-state index contributed by atoms with van der Waals surface area (Å²) in [5.41, 5.74) is 2.40. The van der Waals surface area contributed by atoms with Crippen molar-refractivity contribution in [3.8, 4) is 0 Å². The van der Waals surface area contributed by atoms with Crippen molar-refractivity contribution >= 4 is 22.7 Å². The van der Waals surface area contributed by atoms with Gasteiger partial charge in [-0.05, 0) is 18.6 Å². The van der Waals surface area contributed by atoms with Crippen molar-refractivity contribution in [3.63, 3.8) is 0 Å². The summed E-state index contributed by atoms with van der Waals surface area (Å²) >= 11 is 0. The predicted octanol–water partition coefficient (Wildman–Crippen LogP) is 2.03. The standard InChI is InChI=1S/C22H25N5O2/c1-16(21(28)23-15-17-7-3-2-4-8-17)26-11-13-27(14-12-26)22(29)20-18-9-5-6-10-19(18)24-25-20/h2-10,16H,11-15H2,1H3,(H,23,28)(H,24,25). The van der Waals surface area contributed by atoms with Gasteiger partial charge < -0.3 is 10.2 Å². The molecule has 0 aliphatic carbocycles. The van der Waals surface area contributed by atoms with E-state index in [4.69, 9.17) is 0 Å². The summed E-state index contributed by atoms with van der Waals surface area (Å²) < 4.78 is 0. The molecule has 1 aromatic heterocycles. The maximum atomic E-state index is 12.9. The molecule has 1 unspecified atom stereocenters. The zero-order valence-electron chi connectivity index (χ0n) is 16.5. The van der Waals surface area contributed by atoms with Crippen LogP contribution >= 0.6 is 0 Å². The fourth-order valence-corrected chi connectivity index (χ4v) is 3.69. The number of piperazine rings is 1. The summed E-state index contributed by atoms with van der Waals surface area (Å²) in [6, 6.07) is 17.3. The topological polar surface area (TPSA) is 81.3 Å². The van der Waals surface area contributed by atoms with Gasteiger partial charge in [-0.3, -0.25) is 19.6 Å². The quantitative estimate of drug-likeness (QED) is 0.697. The fraction of sp³-hybridized carbons (Fsp3) is 0.318. The second-order valence-electron chi connectivity index (χ2n) is 7.33. The normalized spacial score (nSPS) is 16.0. The Labute approximate surface area is 169 Å². The molecule has 2 heterocycles. The largest absolute Gasteiger partial charge is 0.351 e. The summed E-state index contributed by atoms with van der Waals surface area (Å²) in [5, 5.41) is 11.0. The third-order valence-corrected chi connectivity index (χ3v) is 5.51. The van der Waals surface area contributed by atoms with E-state index in [-0.39, 0.29) is 17.9 Å². The molecular formula is C22H25N5O2. The zero-order chi connectivity index (χ0) is 20.2. The third-order valence-electron chi connectivity index (χ3n) is 5.51. The molecule has 1 aliphatic rings. The monoisotopic (exact) mass is 391 g/mol. The molecule has 1 atom stereocenters. The van der Waals surface area contributed by atoms with E-state index < -0.39 is 0 Å². The van der Waals surface area contributed by atoms with E-state index >= 15 is 0 Å². The van der Waals surface area contributed by atoms with Crippen LogP contribution in [0.4, 0.5) is 0 Å². The summed E-state index contributed by atoms with van der Waals surface area (Å²) in [7, 11) is 0. The number of hydrogen-bond donors (Lipinski definition) is 2. The van der Waals surface area contributed by atoms with E-state index in [2.05, 4.69) is 20.4 Å². The van der Waals surface area contributed by atoms with E-state index in [0.29, 0.717) is 38.4 Å². The second-order valence-corrected chi connectivity index (χ2v) is 7.33.